The van der Waals surface area contributed by atoms with Gasteiger partial charge in [0, 0.05) is 19.3 Å². The van der Waals surface area contributed by atoms with Crippen LogP contribution in [-0.2, 0) is 28.6 Å². The van der Waals surface area contributed by atoms with Crippen molar-refractivity contribution < 1.29 is 28.6 Å². The minimum absolute atomic E-state index is 0.0801. The zero-order valence-corrected chi connectivity index (χ0v) is 46.3. The van der Waals surface area contributed by atoms with Crippen LogP contribution in [0.1, 0.15) is 297 Å². The molecule has 0 saturated heterocycles. The van der Waals surface area contributed by atoms with Crippen molar-refractivity contribution in [3.63, 3.8) is 0 Å². The van der Waals surface area contributed by atoms with Crippen molar-refractivity contribution in [2.24, 2.45) is 0 Å². The average molecular weight is 978 g/mol. The Kier molecular flexibility index (Phi) is 55.8. The molecule has 0 radical (unpaired) electrons. The Morgan fingerprint density at radius 3 is 0.871 bits per heavy atom. The Balaban J connectivity index is 4.38. The van der Waals surface area contributed by atoms with Crippen LogP contribution in [0.4, 0.5) is 0 Å². The third-order valence-corrected chi connectivity index (χ3v) is 13.0. The molecule has 6 heteroatoms. The lowest BCUT2D eigenvalue weighted by Gasteiger charge is -2.18. The Morgan fingerprint density at radius 2 is 0.557 bits per heavy atom. The van der Waals surface area contributed by atoms with E-state index in [9.17, 15) is 14.4 Å². The van der Waals surface area contributed by atoms with Gasteiger partial charge in [-0.2, -0.15) is 0 Å². The summed E-state index contributed by atoms with van der Waals surface area (Å²) in [6.45, 7) is 6.44. The van der Waals surface area contributed by atoms with Gasteiger partial charge in [-0.05, 0) is 83.5 Å². The first-order chi connectivity index (χ1) is 34.5. The number of rotatable bonds is 54. The van der Waals surface area contributed by atoms with Crippen LogP contribution < -0.4 is 0 Å². The molecule has 0 aromatic heterocycles. The van der Waals surface area contributed by atoms with Crippen molar-refractivity contribution in [2.45, 2.75) is 303 Å². The topological polar surface area (TPSA) is 78.9 Å². The summed E-state index contributed by atoms with van der Waals surface area (Å²) >= 11 is 0. The zero-order chi connectivity index (χ0) is 50.7. The van der Waals surface area contributed by atoms with Crippen LogP contribution in [0.3, 0.4) is 0 Å². The number of hydrogen-bond acceptors (Lipinski definition) is 6. The summed E-state index contributed by atoms with van der Waals surface area (Å²) < 4.78 is 16.9. The monoisotopic (exact) mass is 977 g/mol. The van der Waals surface area contributed by atoms with E-state index in [4.69, 9.17) is 14.2 Å². The van der Waals surface area contributed by atoms with Crippen LogP contribution in [0, 0.1) is 0 Å². The zero-order valence-electron chi connectivity index (χ0n) is 46.3. The quantitative estimate of drug-likeness (QED) is 0.0261. The Hall–Kier alpha value is -3.15. The molecule has 0 aromatic rings. The summed E-state index contributed by atoms with van der Waals surface area (Å²) in [5.41, 5.74) is 0. The van der Waals surface area contributed by atoms with Crippen LogP contribution in [0.25, 0.3) is 0 Å². The van der Waals surface area contributed by atoms with E-state index in [-0.39, 0.29) is 31.1 Å². The fourth-order valence-corrected chi connectivity index (χ4v) is 8.53. The summed E-state index contributed by atoms with van der Waals surface area (Å²) in [6.07, 6.45) is 74.6. The van der Waals surface area contributed by atoms with Crippen molar-refractivity contribution in [1.82, 2.24) is 0 Å². The number of allylic oxidation sites excluding steroid dienone is 12. The second-order valence-electron chi connectivity index (χ2n) is 19.9. The minimum atomic E-state index is -0.782. The number of carbonyl (C=O) groups excluding carboxylic acids is 3. The van der Waals surface area contributed by atoms with Gasteiger partial charge in [0.15, 0.2) is 6.10 Å². The molecular weight excluding hydrogens is 865 g/mol. The molecule has 0 bridgehead atoms. The fraction of sp³-hybridized carbons (Fsp3) is 0.766. The van der Waals surface area contributed by atoms with Crippen LogP contribution in [0.15, 0.2) is 72.9 Å². The summed E-state index contributed by atoms with van der Waals surface area (Å²) in [5, 5.41) is 0. The van der Waals surface area contributed by atoms with E-state index in [0.717, 1.165) is 103 Å². The minimum Gasteiger partial charge on any atom is -0.462 e. The van der Waals surface area contributed by atoms with E-state index in [1.807, 2.05) is 0 Å². The van der Waals surface area contributed by atoms with Gasteiger partial charge >= 0.3 is 17.9 Å². The molecule has 0 aromatic carbocycles. The van der Waals surface area contributed by atoms with Crippen molar-refractivity contribution in [1.29, 1.82) is 0 Å². The van der Waals surface area contributed by atoms with Crippen molar-refractivity contribution in [3.05, 3.63) is 72.9 Å². The van der Waals surface area contributed by atoms with Gasteiger partial charge in [-0.1, -0.05) is 267 Å². The molecule has 0 N–H and O–H groups in total. The van der Waals surface area contributed by atoms with Gasteiger partial charge in [0.05, 0.1) is 0 Å². The molecule has 0 heterocycles. The summed E-state index contributed by atoms with van der Waals surface area (Å²) in [4.78, 5) is 38.2. The molecule has 0 rings (SSSR count). The van der Waals surface area contributed by atoms with Gasteiger partial charge in [0.25, 0.3) is 0 Å². The predicted molar refractivity (Wildman–Crippen MR) is 302 cm³/mol. The Morgan fingerprint density at radius 1 is 0.300 bits per heavy atom. The first-order valence-corrected chi connectivity index (χ1v) is 29.9. The first kappa shape index (κ1) is 66.9. The number of unbranched alkanes of at least 4 members (excludes halogenated alkanes) is 31. The summed E-state index contributed by atoms with van der Waals surface area (Å²) in [6, 6.07) is 0. The average Bonchev–Trinajstić information content (AvgIpc) is 3.36. The summed E-state index contributed by atoms with van der Waals surface area (Å²) in [5.74, 6) is -0.884. The smallest absolute Gasteiger partial charge is 0.306 e. The van der Waals surface area contributed by atoms with Crippen molar-refractivity contribution >= 4 is 17.9 Å². The molecule has 0 aliphatic rings. The third-order valence-electron chi connectivity index (χ3n) is 13.0. The maximum atomic E-state index is 12.9. The van der Waals surface area contributed by atoms with Gasteiger partial charge in [-0.15, -0.1) is 0 Å². The van der Waals surface area contributed by atoms with Gasteiger partial charge in [0.2, 0.25) is 0 Å². The van der Waals surface area contributed by atoms with Gasteiger partial charge < -0.3 is 14.2 Å². The number of esters is 3. The van der Waals surface area contributed by atoms with Gasteiger partial charge in [0.1, 0.15) is 13.2 Å². The van der Waals surface area contributed by atoms with Crippen molar-refractivity contribution in [3.8, 4) is 0 Å². The molecular formula is C64H112O6. The van der Waals surface area contributed by atoms with E-state index < -0.39 is 6.10 Å². The second-order valence-corrected chi connectivity index (χ2v) is 19.9. The molecule has 6 nitrogen and oxygen atoms in total. The Labute approximate surface area is 433 Å². The molecule has 0 amide bonds. The normalized spacial score (nSPS) is 12.6. The lowest BCUT2D eigenvalue weighted by atomic mass is 10.0. The van der Waals surface area contributed by atoms with Crippen LogP contribution in [0.5, 0.6) is 0 Å². The van der Waals surface area contributed by atoms with E-state index >= 15 is 0 Å². The molecule has 0 aliphatic heterocycles. The summed E-state index contributed by atoms with van der Waals surface area (Å²) in [7, 11) is 0. The van der Waals surface area contributed by atoms with Crippen molar-refractivity contribution in [2.75, 3.05) is 13.2 Å². The SMILES string of the molecule is CC/C=C\C/C=C\C/C=C\CCCCCCCCCCCC(=O)OCC(COC(=O)CCCCCCCC/C=C\C/C=C\C/C=C\CC)OC(=O)CCCCCCCCCCCCCCCCCCC. The van der Waals surface area contributed by atoms with Gasteiger partial charge in [-0.25, -0.2) is 0 Å². The maximum Gasteiger partial charge on any atom is 0.306 e. The molecule has 1 unspecified atom stereocenters. The molecule has 1 atom stereocenters. The largest absolute Gasteiger partial charge is 0.462 e. The highest BCUT2D eigenvalue weighted by molar-refractivity contribution is 5.71. The van der Waals surface area contributed by atoms with Crippen LogP contribution >= 0.6 is 0 Å². The fourth-order valence-electron chi connectivity index (χ4n) is 8.53. The van der Waals surface area contributed by atoms with E-state index in [1.54, 1.807) is 0 Å². The third kappa shape index (κ3) is 55.8. The molecule has 0 aliphatic carbocycles. The molecule has 0 saturated carbocycles. The maximum absolute atomic E-state index is 12.9. The highest BCUT2D eigenvalue weighted by Gasteiger charge is 2.19. The predicted octanol–water partition coefficient (Wildman–Crippen LogP) is 20.2. The molecule has 404 valence electrons. The van der Waals surface area contributed by atoms with E-state index in [0.29, 0.717) is 19.3 Å². The number of hydrogen-bond donors (Lipinski definition) is 0. The highest BCUT2D eigenvalue weighted by Crippen LogP contribution is 2.17. The lowest BCUT2D eigenvalue weighted by molar-refractivity contribution is -0.167. The first-order valence-electron chi connectivity index (χ1n) is 29.9. The number of carbonyl (C=O) groups is 3. The highest BCUT2D eigenvalue weighted by atomic mass is 16.6. The Bertz CT molecular complexity index is 1310. The van der Waals surface area contributed by atoms with E-state index in [1.165, 1.54) is 154 Å². The van der Waals surface area contributed by atoms with Gasteiger partial charge in [-0.3, -0.25) is 14.4 Å². The molecule has 0 spiro atoms. The van der Waals surface area contributed by atoms with Crippen LogP contribution in [-0.4, -0.2) is 37.2 Å². The van der Waals surface area contributed by atoms with E-state index in [2.05, 4.69) is 93.7 Å². The number of ether oxygens (including phenoxy) is 3. The lowest BCUT2D eigenvalue weighted by Crippen LogP contribution is -2.30. The molecule has 70 heavy (non-hydrogen) atoms. The molecule has 0 fully saturated rings. The standard InChI is InChI=1S/C64H112O6/c1-4-7-10-13-16-19-22-25-28-31-32-34-36-39-42-45-48-51-54-57-63(66)69-60-61(59-68-62(65)56-53-50-47-44-41-38-35-30-27-24-21-18-15-12-9-6-3)70-64(67)58-55-52-49-46-43-40-37-33-29-26-23-20-17-14-11-8-5-2/h7,9-10,12,16,18-19,21,25,27-28,30,61H,4-6,8,11,13-15,17,20,22-24,26,29,31-60H2,1-3H3/b10-7-,12-9-,19-16-,21-18-,28-25-,30-27-. The second kappa shape index (κ2) is 58.4. The van der Waals surface area contributed by atoms with Crippen LogP contribution in [0.2, 0.25) is 0 Å².